The summed E-state index contributed by atoms with van der Waals surface area (Å²) in [5, 5.41) is -2.72. The average molecular weight is 850 g/mol. The molecule has 1 nitrogen and oxygen atoms in total. The molecule has 0 saturated carbocycles. The van der Waals surface area contributed by atoms with Crippen molar-refractivity contribution in [2.24, 2.45) is 0 Å². The summed E-state index contributed by atoms with van der Waals surface area (Å²) in [5.41, 5.74) is 0. The van der Waals surface area contributed by atoms with Crippen LogP contribution in [0.5, 0.6) is 0 Å². The van der Waals surface area contributed by atoms with Crippen molar-refractivity contribution in [3.8, 4) is 0 Å². The normalized spacial score (nSPS) is 12.3. The van der Waals surface area contributed by atoms with E-state index in [1.54, 1.807) is 0 Å². The molecule has 15 heteroatoms. The van der Waals surface area contributed by atoms with E-state index in [1.165, 1.54) is 12.8 Å². The van der Waals surface area contributed by atoms with Gasteiger partial charge in [-0.15, -0.1) is 44.3 Å². The standard InChI is InChI=1S/C4H8O.C4H12Se4Si.CH4Se.CH3.Cl4Si.2Li.H2Se/c1-2-4-5-3-1;1-5-9(6-2,7-3)8-4;1-2;;1-5(2,3)4;;;/h1-4H2;1-4H3;2H,1H3;1H3;;;;1H2/q;;;-1;;2*+1;/p-1. The minimum atomic E-state index is -2.72. The van der Waals surface area contributed by atoms with Gasteiger partial charge in [0.05, 0.1) is 0 Å². The van der Waals surface area contributed by atoms with Crippen LogP contribution in [0.3, 0.4) is 0 Å². The molecular weight excluding hydrogens is 822 g/mol. The van der Waals surface area contributed by atoms with Crippen LogP contribution in [0.25, 0.3) is 0 Å². The molecule has 0 aromatic rings. The topological polar surface area (TPSA) is 9.23 Å². The zero-order valence-electron chi connectivity index (χ0n) is 16.3. The van der Waals surface area contributed by atoms with Gasteiger partial charge >= 0.3 is 159 Å². The van der Waals surface area contributed by atoms with Crippen LogP contribution in [0.15, 0.2) is 0 Å². The number of halogens is 4. The molecule has 0 atom stereocenters. The third-order valence-corrected chi connectivity index (χ3v) is 81.8. The molecule has 1 saturated heterocycles. The van der Waals surface area contributed by atoms with Crippen molar-refractivity contribution in [2.75, 3.05) is 13.2 Å². The first kappa shape index (κ1) is 44.5. The van der Waals surface area contributed by atoms with Gasteiger partial charge in [-0.3, -0.25) is 0 Å². The molecule has 148 valence electrons. The summed E-state index contributed by atoms with van der Waals surface area (Å²) in [6.07, 6.45) is 2.56. The van der Waals surface area contributed by atoms with Crippen LogP contribution in [0.1, 0.15) is 12.8 Å². The molecule has 1 heterocycles. The summed E-state index contributed by atoms with van der Waals surface area (Å²) in [6.45, 7) is 2.00. The quantitative estimate of drug-likeness (QED) is 0.220. The minimum absolute atomic E-state index is 0. The molecule has 1 aliphatic heterocycles. The van der Waals surface area contributed by atoms with Crippen LogP contribution in [0.4, 0.5) is 0 Å². The summed E-state index contributed by atoms with van der Waals surface area (Å²) < 4.78 is 4.50. The summed E-state index contributed by atoms with van der Waals surface area (Å²) in [6, 6.07) is 0. The monoisotopic (exact) mass is 854 g/mol. The fourth-order valence-corrected chi connectivity index (χ4v) is 41.0. The van der Waals surface area contributed by atoms with Crippen LogP contribution < -0.4 is 18.9 Å². The van der Waals surface area contributed by atoms with Crippen molar-refractivity contribution in [3.05, 3.63) is 7.43 Å². The van der Waals surface area contributed by atoms with E-state index in [0.29, 0.717) is 0 Å². The van der Waals surface area contributed by atoms with Crippen LogP contribution >= 0.6 is 44.3 Å². The molecule has 1 fully saturated rings. The molecule has 0 aliphatic carbocycles. The molecule has 0 aromatic heterocycles. The second kappa shape index (κ2) is 32.0. The summed E-state index contributed by atoms with van der Waals surface area (Å²) >= 11 is 27.2. The SMILES string of the molecule is C1CCOC1.C[Se][Si]([Se]C)([Se]C)[Se]C.Cl[Si](Cl)(Cl)Cl.[CH3-].[Li+].[Li][Se]C.[SeH2]. The van der Waals surface area contributed by atoms with Crippen molar-refractivity contribution in [3.63, 3.8) is 0 Å². The van der Waals surface area contributed by atoms with Crippen molar-refractivity contribution >= 4 is 155 Å². The average Bonchev–Trinajstić information content (AvgIpc) is 3.00. The van der Waals surface area contributed by atoms with E-state index in [4.69, 9.17) is 49.1 Å². The first-order valence-electron chi connectivity index (χ1n) is 6.10. The van der Waals surface area contributed by atoms with E-state index in [-0.39, 0.29) is 43.4 Å². The molecular formula is C10H28Cl4Li2OSe6Si2. The molecule has 0 unspecified atom stereocenters. The molecule has 1 aliphatic rings. The Bertz CT molecular complexity index is 201. The van der Waals surface area contributed by atoms with Crippen molar-refractivity contribution in [2.45, 2.75) is 42.0 Å². The predicted molar refractivity (Wildman–Crippen MR) is 134 cm³/mol. The summed E-state index contributed by atoms with van der Waals surface area (Å²) in [4.78, 5) is 0. The molecule has 0 aromatic carbocycles. The van der Waals surface area contributed by atoms with Gasteiger partial charge in [0.1, 0.15) is 0 Å². The van der Waals surface area contributed by atoms with E-state index in [2.05, 4.69) is 44.9 Å². The number of hydrogen-bond donors (Lipinski definition) is 0. The Morgan fingerprint density at radius 1 is 0.800 bits per heavy atom. The zero-order chi connectivity index (χ0) is 18.1. The van der Waals surface area contributed by atoms with Crippen molar-refractivity contribution in [1.29, 1.82) is 0 Å². The van der Waals surface area contributed by atoms with E-state index in [9.17, 15) is 0 Å². The van der Waals surface area contributed by atoms with E-state index < -0.39 is 7.81 Å². The van der Waals surface area contributed by atoms with Gasteiger partial charge in [0.2, 0.25) is 0 Å². The third-order valence-electron chi connectivity index (χ3n) is 1.83. The Labute approximate surface area is 237 Å². The maximum atomic E-state index is 4.97. The van der Waals surface area contributed by atoms with Gasteiger partial charge in [0.25, 0.3) is 0 Å². The van der Waals surface area contributed by atoms with Gasteiger partial charge in [-0.25, -0.2) is 0 Å². The van der Waals surface area contributed by atoms with Crippen LogP contribution in [-0.2, 0) is 4.74 Å². The number of ether oxygens (including phenoxy) is 1. The Balaban J connectivity index is -0.0000000494. The van der Waals surface area contributed by atoms with Gasteiger partial charge in [0.15, 0.2) is 0 Å². The van der Waals surface area contributed by atoms with Gasteiger partial charge in [-0.05, 0) is 12.8 Å². The van der Waals surface area contributed by atoms with Crippen LogP contribution in [0, 0.1) is 7.43 Å². The van der Waals surface area contributed by atoms with Gasteiger partial charge in [0, 0.05) is 13.2 Å². The molecule has 0 radical (unpaired) electrons. The van der Waals surface area contributed by atoms with Crippen LogP contribution in [0.2, 0.25) is 29.1 Å². The van der Waals surface area contributed by atoms with Gasteiger partial charge in [-0.2, -0.15) is 0 Å². The first-order chi connectivity index (χ1) is 10.2. The molecule has 25 heavy (non-hydrogen) atoms. The second-order valence-corrected chi connectivity index (χ2v) is 68.2. The predicted octanol–water partition coefficient (Wildman–Crippen LogP) is -0.0345. The molecule has 0 bridgehead atoms. The zero-order valence-corrected chi connectivity index (χ0v) is 32.0. The second-order valence-electron chi connectivity index (χ2n) is 3.47. The Kier molecular flexibility index (Phi) is 57.1. The van der Waals surface area contributed by atoms with Crippen molar-refractivity contribution in [1.82, 2.24) is 0 Å². The van der Waals surface area contributed by atoms with E-state index in [1.807, 2.05) is 0 Å². The summed E-state index contributed by atoms with van der Waals surface area (Å²) in [5.74, 6) is 12.1. The fraction of sp³-hybridized carbons (Fsp3) is 0.900. The molecule has 0 amide bonds. The van der Waals surface area contributed by atoms with Crippen LogP contribution in [-0.4, -0.2) is 124 Å². The molecule has 1 rings (SSSR count). The van der Waals surface area contributed by atoms with E-state index in [0.717, 1.165) is 83.3 Å². The number of rotatable bonds is 4. The Hall–Kier alpha value is 5.87. The molecule has 0 spiro atoms. The number of hydrogen-bond acceptors (Lipinski definition) is 1. The first-order valence-corrected chi connectivity index (χ1v) is 34.3. The van der Waals surface area contributed by atoms with Crippen molar-refractivity contribution < 1.29 is 23.6 Å². The fourth-order valence-electron chi connectivity index (χ4n) is 1.01. The Morgan fingerprint density at radius 2 is 1.00 bits per heavy atom. The molecule has 0 N–H and O–H groups in total. The summed E-state index contributed by atoms with van der Waals surface area (Å²) in [7, 11) is 0. The van der Waals surface area contributed by atoms with Gasteiger partial charge < -0.3 is 12.2 Å². The third kappa shape index (κ3) is 44.4. The Morgan fingerprint density at radius 3 is 1.04 bits per heavy atom. The maximum absolute atomic E-state index is 4.97. The van der Waals surface area contributed by atoms with Gasteiger partial charge in [-0.1, -0.05) is 0 Å². The van der Waals surface area contributed by atoms with E-state index >= 15 is 0 Å².